The predicted molar refractivity (Wildman–Crippen MR) is 60.6 cm³/mol. The maximum atomic E-state index is 5.47. The number of nitrogens with zero attached hydrogens (tertiary/aromatic N) is 3. The summed E-state index contributed by atoms with van der Waals surface area (Å²) in [7, 11) is 0. The number of nitrogens with one attached hydrogen (secondary N) is 1. The van der Waals surface area contributed by atoms with E-state index in [0.717, 1.165) is 30.9 Å². The smallest absolute Gasteiger partial charge is 0.242 e. The SMILES string of the molecule is Cc1nnc(NCC(C)CCN)nc1C. The first kappa shape index (κ1) is 11.8. The van der Waals surface area contributed by atoms with Crippen molar-refractivity contribution in [1.82, 2.24) is 15.2 Å². The van der Waals surface area contributed by atoms with E-state index in [0.29, 0.717) is 11.9 Å². The van der Waals surface area contributed by atoms with Gasteiger partial charge in [0.25, 0.3) is 0 Å². The summed E-state index contributed by atoms with van der Waals surface area (Å²) in [5, 5.41) is 11.1. The molecule has 15 heavy (non-hydrogen) atoms. The van der Waals surface area contributed by atoms with Gasteiger partial charge in [-0.1, -0.05) is 6.92 Å². The van der Waals surface area contributed by atoms with Crippen molar-refractivity contribution in [2.24, 2.45) is 11.7 Å². The van der Waals surface area contributed by atoms with Gasteiger partial charge in [0.05, 0.1) is 11.4 Å². The fourth-order valence-corrected chi connectivity index (χ4v) is 1.18. The third-order valence-electron chi connectivity index (χ3n) is 2.36. The van der Waals surface area contributed by atoms with Crippen LogP contribution in [0.5, 0.6) is 0 Å². The topological polar surface area (TPSA) is 76.7 Å². The van der Waals surface area contributed by atoms with E-state index in [-0.39, 0.29) is 0 Å². The van der Waals surface area contributed by atoms with Crippen LogP contribution in [-0.2, 0) is 0 Å². The van der Waals surface area contributed by atoms with Crippen LogP contribution in [0, 0.1) is 19.8 Å². The molecule has 1 heterocycles. The monoisotopic (exact) mass is 209 g/mol. The van der Waals surface area contributed by atoms with E-state index >= 15 is 0 Å². The van der Waals surface area contributed by atoms with Crippen molar-refractivity contribution in [3.63, 3.8) is 0 Å². The van der Waals surface area contributed by atoms with Gasteiger partial charge >= 0.3 is 0 Å². The summed E-state index contributed by atoms with van der Waals surface area (Å²) in [4.78, 5) is 4.29. The molecule has 1 aromatic heterocycles. The first-order chi connectivity index (χ1) is 7.13. The molecule has 0 spiro atoms. The zero-order chi connectivity index (χ0) is 11.3. The number of aryl methyl sites for hydroxylation is 2. The summed E-state index contributed by atoms with van der Waals surface area (Å²) in [5.74, 6) is 1.13. The van der Waals surface area contributed by atoms with Crippen LogP contribution in [0.2, 0.25) is 0 Å². The molecular weight excluding hydrogens is 190 g/mol. The van der Waals surface area contributed by atoms with Gasteiger partial charge in [0.15, 0.2) is 0 Å². The van der Waals surface area contributed by atoms with Crippen LogP contribution in [0.4, 0.5) is 5.95 Å². The average Bonchev–Trinajstić information content (AvgIpc) is 2.20. The van der Waals surface area contributed by atoms with Crippen LogP contribution in [0.3, 0.4) is 0 Å². The van der Waals surface area contributed by atoms with Gasteiger partial charge in [-0.15, -0.1) is 5.10 Å². The summed E-state index contributed by atoms with van der Waals surface area (Å²) in [5.41, 5.74) is 7.26. The standard InChI is InChI=1S/C10H19N5/c1-7(4-5-11)6-12-10-13-8(2)9(3)14-15-10/h7H,4-6,11H2,1-3H3,(H,12,13,15). The Labute approximate surface area is 90.5 Å². The molecule has 5 nitrogen and oxygen atoms in total. The molecule has 1 rings (SSSR count). The van der Waals surface area contributed by atoms with Gasteiger partial charge in [-0.05, 0) is 32.7 Å². The molecule has 0 aliphatic heterocycles. The molecule has 84 valence electrons. The molecule has 0 saturated carbocycles. The third kappa shape index (κ3) is 3.79. The van der Waals surface area contributed by atoms with Gasteiger partial charge in [0, 0.05) is 6.54 Å². The molecule has 1 unspecified atom stereocenters. The van der Waals surface area contributed by atoms with E-state index in [2.05, 4.69) is 27.4 Å². The second kappa shape index (κ2) is 5.60. The number of anilines is 1. The Morgan fingerprint density at radius 2 is 2.00 bits per heavy atom. The Bertz CT molecular complexity index is 313. The Hall–Kier alpha value is -1.23. The number of hydrogen-bond acceptors (Lipinski definition) is 5. The number of rotatable bonds is 5. The molecule has 0 aromatic carbocycles. The quantitative estimate of drug-likeness (QED) is 0.753. The Kier molecular flexibility index (Phi) is 4.42. The minimum Gasteiger partial charge on any atom is -0.353 e. The van der Waals surface area contributed by atoms with Gasteiger partial charge in [-0.25, -0.2) is 4.98 Å². The number of aromatic nitrogens is 3. The molecule has 1 atom stereocenters. The fraction of sp³-hybridized carbons (Fsp3) is 0.700. The van der Waals surface area contributed by atoms with E-state index in [4.69, 9.17) is 5.73 Å². The normalized spacial score (nSPS) is 12.5. The second-order valence-electron chi connectivity index (χ2n) is 3.87. The van der Waals surface area contributed by atoms with Crippen molar-refractivity contribution >= 4 is 5.95 Å². The lowest BCUT2D eigenvalue weighted by Gasteiger charge is -2.11. The Morgan fingerprint density at radius 1 is 1.27 bits per heavy atom. The predicted octanol–water partition coefficient (Wildman–Crippen LogP) is 0.885. The van der Waals surface area contributed by atoms with E-state index < -0.39 is 0 Å². The maximum absolute atomic E-state index is 5.47. The molecule has 0 radical (unpaired) electrons. The summed E-state index contributed by atoms with van der Waals surface area (Å²) in [6.45, 7) is 7.53. The lowest BCUT2D eigenvalue weighted by Crippen LogP contribution is -2.17. The Balaban J connectivity index is 2.47. The summed E-state index contributed by atoms with van der Waals surface area (Å²) >= 11 is 0. The molecule has 1 aromatic rings. The largest absolute Gasteiger partial charge is 0.353 e. The molecule has 0 fully saturated rings. The van der Waals surface area contributed by atoms with E-state index in [1.165, 1.54) is 0 Å². The van der Waals surface area contributed by atoms with Crippen LogP contribution in [0.25, 0.3) is 0 Å². The lowest BCUT2D eigenvalue weighted by molar-refractivity contribution is 0.565. The van der Waals surface area contributed by atoms with Crippen LogP contribution in [0.1, 0.15) is 24.7 Å². The van der Waals surface area contributed by atoms with Gasteiger partial charge in [-0.2, -0.15) is 5.10 Å². The van der Waals surface area contributed by atoms with E-state index in [1.54, 1.807) is 0 Å². The van der Waals surface area contributed by atoms with Gasteiger partial charge < -0.3 is 11.1 Å². The van der Waals surface area contributed by atoms with Gasteiger partial charge in [0.1, 0.15) is 0 Å². The lowest BCUT2D eigenvalue weighted by atomic mass is 10.1. The third-order valence-corrected chi connectivity index (χ3v) is 2.36. The summed E-state index contributed by atoms with van der Waals surface area (Å²) < 4.78 is 0. The first-order valence-corrected chi connectivity index (χ1v) is 5.25. The number of hydrogen-bond donors (Lipinski definition) is 2. The second-order valence-corrected chi connectivity index (χ2v) is 3.87. The van der Waals surface area contributed by atoms with E-state index in [9.17, 15) is 0 Å². The molecule has 0 aliphatic rings. The summed E-state index contributed by atoms with van der Waals surface area (Å²) in [6.07, 6.45) is 1.01. The highest BCUT2D eigenvalue weighted by molar-refractivity contribution is 5.24. The fourth-order valence-electron chi connectivity index (χ4n) is 1.18. The van der Waals surface area contributed by atoms with Gasteiger partial charge in [0.2, 0.25) is 5.95 Å². The van der Waals surface area contributed by atoms with Crippen molar-refractivity contribution in [2.75, 3.05) is 18.4 Å². The molecular formula is C10H19N5. The van der Waals surface area contributed by atoms with Crippen molar-refractivity contribution < 1.29 is 0 Å². The van der Waals surface area contributed by atoms with Crippen LogP contribution in [0.15, 0.2) is 0 Å². The highest BCUT2D eigenvalue weighted by Gasteiger charge is 2.03. The molecule has 0 aliphatic carbocycles. The van der Waals surface area contributed by atoms with Crippen LogP contribution in [-0.4, -0.2) is 28.3 Å². The molecule has 0 amide bonds. The first-order valence-electron chi connectivity index (χ1n) is 5.25. The minimum absolute atomic E-state index is 0.528. The molecule has 0 bridgehead atoms. The van der Waals surface area contributed by atoms with Crippen LogP contribution < -0.4 is 11.1 Å². The van der Waals surface area contributed by atoms with Crippen molar-refractivity contribution in [3.05, 3.63) is 11.4 Å². The number of nitrogens with two attached hydrogens (primary N) is 1. The zero-order valence-corrected chi connectivity index (χ0v) is 9.62. The minimum atomic E-state index is 0.528. The highest BCUT2D eigenvalue weighted by atomic mass is 15.2. The molecule has 0 saturated heterocycles. The molecule has 3 N–H and O–H groups in total. The van der Waals surface area contributed by atoms with Gasteiger partial charge in [-0.3, -0.25) is 0 Å². The molecule has 5 heteroatoms. The van der Waals surface area contributed by atoms with Crippen molar-refractivity contribution in [1.29, 1.82) is 0 Å². The maximum Gasteiger partial charge on any atom is 0.242 e. The van der Waals surface area contributed by atoms with E-state index in [1.807, 2.05) is 13.8 Å². The van der Waals surface area contributed by atoms with Crippen LogP contribution >= 0.6 is 0 Å². The average molecular weight is 209 g/mol. The summed E-state index contributed by atoms with van der Waals surface area (Å²) in [6, 6.07) is 0. The zero-order valence-electron chi connectivity index (χ0n) is 9.62. The van der Waals surface area contributed by atoms with Crippen molar-refractivity contribution in [2.45, 2.75) is 27.2 Å². The Morgan fingerprint density at radius 3 is 2.60 bits per heavy atom. The highest BCUT2D eigenvalue weighted by Crippen LogP contribution is 2.04. The van der Waals surface area contributed by atoms with Crippen molar-refractivity contribution in [3.8, 4) is 0 Å².